The van der Waals surface area contributed by atoms with E-state index in [1.54, 1.807) is 18.5 Å². The molecule has 0 saturated heterocycles. The highest BCUT2D eigenvalue weighted by atomic mass is 16.5. The van der Waals surface area contributed by atoms with Gasteiger partial charge in [0.05, 0.1) is 0 Å². The molecule has 1 aromatic heterocycles. The average Bonchev–Trinajstić information content (AvgIpc) is 2.40. The maximum Gasteiger partial charge on any atom is 0.316 e. The second kappa shape index (κ2) is 5.58. The summed E-state index contributed by atoms with van der Waals surface area (Å²) < 4.78 is 5.63. The van der Waals surface area contributed by atoms with Crippen molar-refractivity contribution < 1.29 is 9.53 Å². The molecule has 1 fully saturated rings. The van der Waals surface area contributed by atoms with Crippen LogP contribution < -0.4 is 16.0 Å². The molecular weight excluding hydrogens is 220 g/mol. The molecule has 1 heterocycles. The number of ether oxygens (including phenoxy) is 1. The number of nitrogens with zero attached hydrogens (tertiary/aromatic N) is 2. The monoisotopic (exact) mass is 236 g/mol. The number of hydrogen-bond donors (Lipinski definition) is 2. The smallest absolute Gasteiger partial charge is 0.316 e. The third kappa shape index (κ3) is 3.13. The van der Waals surface area contributed by atoms with Gasteiger partial charge in [-0.1, -0.05) is 0 Å². The Morgan fingerprint density at radius 3 is 2.53 bits per heavy atom. The van der Waals surface area contributed by atoms with Crippen LogP contribution >= 0.6 is 0 Å². The fraction of sp³-hybridized carbons (Fsp3) is 0.545. The number of amides is 1. The van der Waals surface area contributed by atoms with Crippen LogP contribution in [0.3, 0.4) is 0 Å². The molecule has 6 heteroatoms. The highest BCUT2D eigenvalue weighted by Gasteiger charge is 2.27. The highest BCUT2D eigenvalue weighted by Crippen LogP contribution is 2.26. The molecule has 0 spiro atoms. The molecule has 1 aliphatic carbocycles. The normalized spacial score (nSPS) is 24.1. The van der Waals surface area contributed by atoms with Crippen molar-refractivity contribution in [3.8, 4) is 6.01 Å². The van der Waals surface area contributed by atoms with Crippen molar-refractivity contribution in [3.05, 3.63) is 18.5 Å². The molecule has 0 aliphatic heterocycles. The van der Waals surface area contributed by atoms with Crippen LogP contribution in [0.15, 0.2) is 18.5 Å². The van der Waals surface area contributed by atoms with E-state index < -0.39 is 0 Å². The Morgan fingerprint density at radius 1 is 1.29 bits per heavy atom. The number of hydrogen-bond acceptors (Lipinski definition) is 5. The molecule has 2 rings (SSSR count). The lowest BCUT2D eigenvalue weighted by atomic mass is 9.87. The van der Waals surface area contributed by atoms with E-state index in [-0.39, 0.29) is 17.9 Å². The lowest BCUT2D eigenvalue weighted by Gasteiger charge is -2.26. The van der Waals surface area contributed by atoms with Gasteiger partial charge < -0.3 is 4.74 Å². The van der Waals surface area contributed by atoms with Gasteiger partial charge in [0.25, 0.3) is 0 Å². The zero-order chi connectivity index (χ0) is 12.1. The summed E-state index contributed by atoms with van der Waals surface area (Å²) in [5, 5.41) is 0. The van der Waals surface area contributed by atoms with Crippen LogP contribution in [-0.2, 0) is 4.79 Å². The molecule has 6 nitrogen and oxygen atoms in total. The zero-order valence-corrected chi connectivity index (χ0v) is 9.50. The second-order valence-corrected chi connectivity index (χ2v) is 4.13. The van der Waals surface area contributed by atoms with Crippen molar-refractivity contribution in [3.63, 3.8) is 0 Å². The molecule has 92 valence electrons. The quantitative estimate of drug-likeness (QED) is 0.450. The predicted octanol–water partition coefficient (Wildman–Crippen LogP) is 0.404. The summed E-state index contributed by atoms with van der Waals surface area (Å²) in [5.74, 6) is 5.04. The second-order valence-electron chi connectivity index (χ2n) is 4.13. The summed E-state index contributed by atoms with van der Waals surface area (Å²) in [5.41, 5.74) is 2.19. The van der Waals surface area contributed by atoms with Crippen LogP contribution in [0.1, 0.15) is 25.7 Å². The van der Waals surface area contributed by atoms with Crippen LogP contribution in [0, 0.1) is 5.92 Å². The van der Waals surface area contributed by atoms with Gasteiger partial charge in [-0.05, 0) is 31.7 Å². The number of nitrogens with one attached hydrogen (secondary N) is 1. The van der Waals surface area contributed by atoms with E-state index in [1.807, 2.05) is 0 Å². The minimum atomic E-state index is -0.0839. The maximum absolute atomic E-state index is 11.3. The number of aromatic nitrogens is 2. The Labute approximate surface area is 99.6 Å². The molecule has 1 aromatic rings. The van der Waals surface area contributed by atoms with Gasteiger partial charge in [0.2, 0.25) is 5.91 Å². The van der Waals surface area contributed by atoms with Gasteiger partial charge in [0.1, 0.15) is 6.10 Å². The molecular formula is C11H16N4O2. The Morgan fingerprint density at radius 2 is 1.94 bits per heavy atom. The van der Waals surface area contributed by atoms with Crippen LogP contribution in [0.4, 0.5) is 0 Å². The lowest BCUT2D eigenvalue weighted by Crippen LogP contribution is -2.38. The van der Waals surface area contributed by atoms with Gasteiger partial charge in [-0.15, -0.1) is 0 Å². The predicted molar refractivity (Wildman–Crippen MR) is 60.7 cm³/mol. The molecule has 1 aliphatic rings. The topological polar surface area (TPSA) is 90.1 Å². The van der Waals surface area contributed by atoms with Crippen LogP contribution in [0.2, 0.25) is 0 Å². The van der Waals surface area contributed by atoms with Gasteiger partial charge in [-0.3, -0.25) is 10.2 Å². The first kappa shape index (κ1) is 11.8. The van der Waals surface area contributed by atoms with Crippen molar-refractivity contribution in [1.29, 1.82) is 0 Å². The zero-order valence-electron chi connectivity index (χ0n) is 9.50. The summed E-state index contributed by atoms with van der Waals surface area (Å²) >= 11 is 0. The van der Waals surface area contributed by atoms with Gasteiger partial charge >= 0.3 is 6.01 Å². The van der Waals surface area contributed by atoms with E-state index in [0.717, 1.165) is 25.7 Å². The minimum Gasteiger partial charge on any atom is -0.460 e. The van der Waals surface area contributed by atoms with E-state index in [2.05, 4.69) is 15.4 Å². The number of carbonyl (C=O) groups excluding carboxylic acids is 1. The third-order valence-corrected chi connectivity index (χ3v) is 3.00. The molecule has 0 unspecified atom stereocenters. The fourth-order valence-corrected chi connectivity index (χ4v) is 2.06. The van der Waals surface area contributed by atoms with E-state index in [0.29, 0.717) is 6.01 Å². The van der Waals surface area contributed by atoms with Crippen molar-refractivity contribution in [2.24, 2.45) is 11.8 Å². The van der Waals surface area contributed by atoms with E-state index >= 15 is 0 Å². The highest BCUT2D eigenvalue weighted by molar-refractivity contribution is 5.77. The summed E-state index contributed by atoms with van der Waals surface area (Å²) in [7, 11) is 0. The average molecular weight is 236 g/mol. The standard InChI is InChI=1S/C11H16N4O2/c12-15-10(16)8-2-4-9(5-3-8)17-11-13-6-1-7-14-11/h1,6-9H,2-5,12H2,(H,15,16). The van der Waals surface area contributed by atoms with E-state index in [4.69, 9.17) is 10.6 Å². The molecule has 1 saturated carbocycles. The Kier molecular flexibility index (Phi) is 3.87. The first-order valence-electron chi connectivity index (χ1n) is 5.73. The SMILES string of the molecule is NNC(=O)C1CCC(Oc2ncccn2)CC1. The fourth-order valence-electron chi connectivity index (χ4n) is 2.06. The van der Waals surface area contributed by atoms with E-state index in [1.165, 1.54) is 0 Å². The number of nitrogens with two attached hydrogens (primary N) is 1. The molecule has 0 radical (unpaired) electrons. The van der Waals surface area contributed by atoms with Gasteiger partial charge in [0.15, 0.2) is 0 Å². The Bertz CT molecular complexity index is 363. The van der Waals surface area contributed by atoms with Gasteiger partial charge in [-0.25, -0.2) is 15.8 Å². The summed E-state index contributed by atoms with van der Waals surface area (Å²) in [6.45, 7) is 0. The third-order valence-electron chi connectivity index (χ3n) is 3.00. The van der Waals surface area contributed by atoms with Gasteiger partial charge in [0, 0.05) is 18.3 Å². The Balaban J connectivity index is 1.82. The van der Waals surface area contributed by atoms with Crippen molar-refractivity contribution >= 4 is 5.91 Å². The molecule has 17 heavy (non-hydrogen) atoms. The number of rotatable bonds is 3. The van der Waals surface area contributed by atoms with Crippen LogP contribution in [-0.4, -0.2) is 22.0 Å². The minimum absolute atomic E-state index is 0.0107. The summed E-state index contributed by atoms with van der Waals surface area (Å²) in [4.78, 5) is 19.4. The molecule has 1 amide bonds. The lowest BCUT2D eigenvalue weighted by molar-refractivity contribution is -0.126. The molecule has 0 bridgehead atoms. The summed E-state index contributed by atoms with van der Waals surface area (Å²) in [6, 6.07) is 2.15. The maximum atomic E-state index is 11.3. The number of hydrazine groups is 1. The van der Waals surface area contributed by atoms with E-state index in [9.17, 15) is 4.79 Å². The number of carbonyl (C=O) groups is 1. The van der Waals surface area contributed by atoms with Crippen molar-refractivity contribution in [1.82, 2.24) is 15.4 Å². The largest absolute Gasteiger partial charge is 0.460 e. The summed E-state index contributed by atoms with van der Waals surface area (Å²) in [6.07, 6.45) is 6.64. The molecule has 0 atom stereocenters. The first-order valence-corrected chi connectivity index (χ1v) is 5.73. The molecule has 3 N–H and O–H groups in total. The van der Waals surface area contributed by atoms with Gasteiger partial charge in [-0.2, -0.15) is 0 Å². The van der Waals surface area contributed by atoms with Crippen LogP contribution in [0.25, 0.3) is 0 Å². The molecule has 0 aromatic carbocycles. The van der Waals surface area contributed by atoms with Crippen LogP contribution in [0.5, 0.6) is 6.01 Å². The van der Waals surface area contributed by atoms with Crippen molar-refractivity contribution in [2.75, 3.05) is 0 Å². The first-order chi connectivity index (χ1) is 8.29. The Hall–Kier alpha value is -1.69. The van der Waals surface area contributed by atoms with Crippen molar-refractivity contribution in [2.45, 2.75) is 31.8 Å².